The maximum atomic E-state index is 12.7. The van der Waals surface area contributed by atoms with E-state index in [0.717, 1.165) is 35.1 Å². The van der Waals surface area contributed by atoms with Crippen LogP contribution in [0.4, 0.5) is 0 Å². The highest BCUT2D eigenvalue weighted by Gasteiger charge is 2.16. The van der Waals surface area contributed by atoms with Crippen LogP contribution in [0.2, 0.25) is 0 Å². The molecule has 1 saturated carbocycles. The minimum absolute atomic E-state index is 0.00599. The molecule has 1 aliphatic carbocycles. The Morgan fingerprint density at radius 1 is 0.964 bits per heavy atom. The Balaban J connectivity index is 1.41. The molecule has 1 amide bonds. The molecule has 0 saturated heterocycles. The van der Waals surface area contributed by atoms with Gasteiger partial charge in [-0.05, 0) is 36.6 Å². The van der Waals surface area contributed by atoms with Crippen molar-refractivity contribution in [3.63, 3.8) is 0 Å². The molecule has 146 valence electrons. The highest BCUT2D eigenvalue weighted by molar-refractivity contribution is 5.98. The van der Waals surface area contributed by atoms with Gasteiger partial charge in [-0.1, -0.05) is 62.4 Å². The van der Waals surface area contributed by atoms with Crippen LogP contribution in [0.3, 0.4) is 0 Å². The molecule has 2 aromatic carbocycles. The van der Waals surface area contributed by atoms with Crippen molar-refractivity contribution in [2.45, 2.75) is 57.6 Å². The van der Waals surface area contributed by atoms with Gasteiger partial charge in [0.15, 0.2) is 0 Å². The van der Waals surface area contributed by atoms with Crippen molar-refractivity contribution in [2.75, 3.05) is 0 Å². The molecular weight excluding hydrogens is 348 g/mol. The molecule has 3 aromatic rings. The molecule has 0 bridgehead atoms. The number of rotatable bonds is 5. The first-order chi connectivity index (χ1) is 13.8. The van der Waals surface area contributed by atoms with Gasteiger partial charge in [0.25, 0.3) is 5.91 Å². The molecule has 0 aliphatic heterocycles. The second-order valence-corrected chi connectivity index (χ2v) is 7.72. The highest BCUT2D eigenvalue weighted by Crippen LogP contribution is 2.23. The van der Waals surface area contributed by atoms with Crippen molar-refractivity contribution in [1.82, 2.24) is 10.3 Å². The SMILES string of the molecule is O=C(NC1CCCCCCC1)c1cc2ccc(OCc3ccccc3)cc2[nH]1. The molecule has 28 heavy (non-hydrogen) atoms. The summed E-state index contributed by atoms with van der Waals surface area (Å²) < 4.78 is 5.90. The normalized spacial score (nSPS) is 15.7. The fourth-order valence-corrected chi connectivity index (χ4v) is 3.92. The van der Waals surface area contributed by atoms with E-state index in [9.17, 15) is 4.79 Å². The summed E-state index contributed by atoms with van der Waals surface area (Å²) in [6, 6.07) is 18.2. The molecule has 1 aliphatic rings. The van der Waals surface area contributed by atoms with Crippen LogP contribution in [0.1, 0.15) is 61.0 Å². The summed E-state index contributed by atoms with van der Waals surface area (Å²) in [6.07, 6.45) is 8.48. The first-order valence-electron chi connectivity index (χ1n) is 10.4. The quantitative estimate of drug-likeness (QED) is 0.610. The van der Waals surface area contributed by atoms with Gasteiger partial charge in [-0.15, -0.1) is 0 Å². The third kappa shape index (κ3) is 4.75. The molecule has 1 fully saturated rings. The number of carbonyl (C=O) groups is 1. The minimum atomic E-state index is -0.00599. The Morgan fingerprint density at radius 3 is 2.50 bits per heavy atom. The fourth-order valence-electron chi connectivity index (χ4n) is 3.92. The number of H-pyrrole nitrogens is 1. The van der Waals surface area contributed by atoms with Crippen molar-refractivity contribution in [3.05, 3.63) is 65.9 Å². The molecule has 4 heteroatoms. The number of aromatic amines is 1. The lowest BCUT2D eigenvalue weighted by molar-refractivity contribution is 0.0926. The van der Waals surface area contributed by atoms with E-state index in [-0.39, 0.29) is 5.91 Å². The molecule has 0 atom stereocenters. The number of benzene rings is 2. The lowest BCUT2D eigenvalue weighted by Gasteiger charge is -2.20. The highest BCUT2D eigenvalue weighted by atomic mass is 16.5. The molecule has 0 radical (unpaired) electrons. The number of hydrogen-bond acceptors (Lipinski definition) is 2. The molecule has 1 heterocycles. The third-order valence-electron chi connectivity index (χ3n) is 5.53. The molecule has 4 nitrogen and oxygen atoms in total. The average molecular weight is 377 g/mol. The van der Waals surface area contributed by atoms with Crippen LogP contribution < -0.4 is 10.1 Å². The van der Waals surface area contributed by atoms with Crippen molar-refractivity contribution < 1.29 is 9.53 Å². The largest absolute Gasteiger partial charge is 0.489 e. The zero-order valence-corrected chi connectivity index (χ0v) is 16.2. The summed E-state index contributed by atoms with van der Waals surface area (Å²) in [4.78, 5) is 16.0. The van der Waals surface area contributed by atoms with E-state index in [2.05, 4.69) is 10.3 Å². The number of hydrogen-bond donors (Lipinski definition) is 2. The topological polar surface area (TPSA) is 54.1 Å². The number of nitrogens with one attached hydrogen (secondary N) is 2. The monoisotopic (exact) mass is 376 g/mol. The lowest BCUT2D eigenvalue weighted by Crippen LogP contribution is -2.35. The maximum Gasteiger partial charge on any atom is 0.267 e. The molecular formula is C24H28N2O2. The maximum absolute atomic E-state index is 12.7. The zero-order chi connectivity index (χ0) is 19.2. The number of amides is 1. The summed E-state index contributed by atoms with van der Waals surface area (Å²) in [6.45, 7) is 0.530. The van der Waals surface area contributed by atoms with Crippen molar-refractivity contribution >= 4 is 16.8 Å². The lowest BCUT2D eigenvalue weighted by atomic mass is 9.96. The van der Waals surface area contributed by atoms with Gasteiger partial charge >= 0.3 is 0 Å². The standard InChI is InChI=1S/C24H28N2O2/c27-24(25-20-11-7-2-1-3-8-12-20)23-15-19-13-14-21(16-22(19)26-23)28-17-18-9-5-4-6-10-18/h4-6,9-10,13-16,20,26H,1-3,7-8,11-12,17H2,(H,25,27). The van der Waals surface area contributed by atoms with Crippen LogP contribution in [-0.2, 0) is 6.61 Å². The van der Waals surface area contributed by atoms with Crippen LogP contribution in [0.5, 0.6) is 5.75 Å². The van der Waals surface area contributed by atoms with E-state index in [4.69, 9.17) is 4.74 Å². The van der Waals surface area contributed by atoms with E-state index in [1.165, 1.54) is 32.1 Å². The van der Waals surface area contributed by atoms with Gasteiger partial charge in [0, 0.05) is 23.0 Å². The van der Waals surface area contributed by atoms with E-state index in [1.54, 1.807) is 0 Å². The van der Waals surface area contributed by atoms with Gasteiger partial charge in [0.05, 0.1) is 0 Å². The Kier molecular flexibility index (Phi) is 5.95. The number of fused-ring (bicyclic) bond motifs is 1. The summed E-state index contributed by atoms with van der Waals surface area (Å²) in [5.74, 6) is 0.790. The second kappa shape index (κ2) is 8.96. The van der Waals surface area contributed by atoms with E-state index >= 15 is 0 Å². The Morgan fingerprint density at radius 2 is 1.71 bits per heavy atom. The third-order valence-corrected chi connectivity index (χ3v) is 5.53. The van der Waals surface area contributed by atoms with Crippen LogP contribution in [-0.4, -0.2) is 16.9 Å². The van der Waals surface area contributed by atoms with E-state index < -0.39 is 0 Å². The van der Waals surface area contributed by atoms with Crippen molar-refractivity contribution in [1.29, 1.82) is 0 Å². The number of aromatic nitrogens is 1. The number of carbonyl (C=O) groups excluding carboxylic acids is 1. The first-order valence-corrected chi connectivity index (χ1v) is 10.4. The summed E-state index contributed by atoms with van der Waals surface area (Å²) in [7, 11) is 0. The second-order valence-electron chi connectivity index (χ2n) is 7.72. The van der Waals surface area contributed by atoms with Crippen molar-refractivity contribution in [2.24, 2.45) is 0 Å². The van der Waals surface area contributed by atoms with Crippen molar-refractivity contribution in [3.8, 4) is 5.75 Å². The smallest absolute Gasteiger partial charge is 0.267 e. The Bertz CT molecular complexity index is 909. The Hall–Kier alpha value is -2.75. The average Bonchev–Trinajstić information content (AvgIpc) is 3.13. The predicted molar refractivity (Wildman–Crippen MR) is 113 cm³/mol. The first kappa shape index (κ1) is 18.6. The minimum Gasteiger partial charge on any atom is -0.489 e. The van der Waals surface area contributed by atoms with Gasteiger partial charge in [-0.3, -0.25) is 4.79 Å². The molecule has 2 N–H and O–H groups in total. The van der Waals surface area contributed by atoms with Gasteiger partial charge < -0.3 is 15.0 Å². The summed E-state index contributed by atoms with van der Waals surface area (Å²) >= 11 is 0. The van der Waals surface area contributed by atoms with Crippen LogP contribution >= 0.6 is 0 Å². The molecule has 0 spiro atoms. The number of ether oxygens (including phenoxy) is 1. The predicted octanol–water partition coefficient (Wildman–Crippen LogP) is 5.59. The van der Waals surface area contributed by atoms with E-state index in [0.29, 0.717) is 18.3 Å². The Labute approximate surface area is 166 Å². The van der Waals surface area contributed by atoms with Crippen LogP contribution in [0, 0.1) is 0 Å². The molecule has 1 aromatic heterocycles. The van der Waals surface area contributed by atoms with Gasteiger partial charge in [-0.2, -0.15) is 0 Å². The van der Waals surface area contributed by atoms with Crippen LogP contribution in [0.15, 0.2) is 54.6 Å². The van der Waals surface area contributed by atoms with Gasteiger partial charge in [0.2, 0.25) is 0 Å². The van der Waals surface area contributed by atoms with E-state index in [1.807, 2.05) is 54.6 Å². The zero-order valence-electron chi connectivity index (χ0n) is 16.2. The summed E-state index contributed by atoms with van der Waals surface area (Å²) in [5.41, 5.74) is 2.68. The van der Waals surface area contributed by atoms with Gasteiger partial charge in [-0.25, -0.2) is 0 Å². The fraction of sp³-hybridized carbons (Fsp3) is 0.375. The van der Waals surface area contributed by atoms with Crippen LogP contribution in [0.25, 0.3) is 10.9 Å². The molecule has 4 rings (SSSR count). The van der Waals surface area contributed by atoms with Gasteiger partial charge in [0.1, 0.15) is 18.1 Å². The molecule has 0 unspecified atom stereocenters. The summed E-state index contributed by atoms with van der Waals surface area (Å²) in [5, 5.41) is 4.25.